The van der Waals surface area contributed by atoms with Gasteiger partial charge in [-0.05, 0) is 73.2 Å². The molecule has 2 amide bonds. The first-order valence-corrected chi connectivity index (χ1v) is 13.4. The van der Waals surface area contributed by atoms with Crippen LogP contribution in [0.2, 0.25) is 0 Å². The summed E-state index contributed by atoms with van der Waals surface area (Å²) in [6, 6.07) is 19.9. The van der Waals surface area contributed by atoms with Gasteiger partial charge in [0.05, 0.1) is 29.7 Å². The minimum Gasteiger partial charge on any atom is -0.497 e. The number of fused-ring (bicyclic) bond motifs is 1. The van der Waals surface area contributed by atoms with Crippen LogP contribution in [-0.4, -0.2) is 36.3 Å². The number of methoxy groups -OCH3 is 1. The lowest BCUT2D eigenvalue weighted by Crippen LogP contribution is -2.13. The zero-order valence-corrected chi connectivity index (χ0v) is 21.7. The van der Waals surface area contributed by atoms with Gasteiger partial charge in [0.15, 0.2) is 4.34 Å². The van der Waals surface area contributed by atoms with Crippen LogP contribution in [0.25, 0.3) is 10.2 Å². The van der Waals surface area contributed by atoms with Gasteiger partial charge in [0, 0.05) is 16.9 Å². The number of amides is 2. The van der Waals surface area contributed by atoms with Gasteiger partial charge >= 0.3 is 0 Å². The van der Waals surface area contributed by atoms with Crippen molar-refractivity contribution in [3.05, 3.63) is 72.3 Å². The Morgan fingerprint density at radius 3 is 2.39 bits per heavy atom. The molecule has 1 heterocycles. The summed E-state index contributed by atoms with van der Waals surface area (Å²) >= 11 is 2.86. The number of hydrogen-bond acceptors (Lipinski definition) is 7. The van der Waals surface area contributed by atoms with E-state index >= 15 is 0 Å². The topological polar surface area (TPSA) is 89.5 Å². The number of nitrogens with one attached hydrogen (secondary N) is 2. The molecular formula is C27H27N3O4S2. The van der Waals surface area contributed by atoms with Crippen molar-refractivity contribution in [2.45, 2.75) is 24.1 Å². The van der Waals surface area contributed by atoms with Crippen LogP contribution in [0, 0.1) is 0 Å². The number of unbranched alkanes of at least 4 members (excludes halogenated alkanes) is 1. The van der Waals surface area contributed by atoms with Crippen LogP contribution < -0.4 is 20.1 Å². The zero-order chi connectivity index (χ0) is 25.3. The Hall–Kier alpha value is -3.56. The molecule has 9 heteroatoms. The average Bonchev–Trinajstić information content (AvgIpc) is 3.31. The summed E-state index contributed by atoms with van der Waals surface area (Å²) in [4.78, 5) is 29.6. The molecule has 3 aromatic carbocycles. The zero-order valence-electron chi connectivity index (χ0n) is 20.1. The Bertz CT molecular complexity index is 1320. The molecule has 0 aliphatic carbocycles. The van der Waals surface area contributed by atoms with Crippen molar-refractivity contribution in [1.29, 1.82) is 0 Å². The van der Waals surface area contributed by atoms with E-state index in [1.165, 1.54) is 23.1 Å². The second-order valence-electron chi connectivity index (χ2n) is 7.91. The fourth-order valence-corrected chi connectivity index (χ4v) is 5.19. The van der Waals surface area contributed by atoms with E-state index in [9.17, 15) is 9.59 Å². The summed E-state index contributed by atoms with van der Waals surface area (Å²) in [5, 5.41) is 5.80. The fourth-order valence-electron chi connectivity index (χ4n) is 3.28. The van der Waals surface area contributed by atoms with Crippen LogP contribution in [0.15, 0.2) is 71.1 Å². The maximum absolute atomic E-state index is 12.7. The molecule has 0 aliphatic heterocycles. The van der Waals surface area contributed by atoms with E-state index in [4.69, 9.17) is 9.47 Å². The summed E-state index contributed by atoms with van der Waals surface area (Å²) in [7, 11) is 1.60. The molecular weight excluding hydrogens is 494 g/mol. The minimum atomic E-state index is -0.191. The number of carbonyl (C=O) groups excluding carboxylic acids is 2. The van der Waals surface area contributed by atoms with Crippen molar-refractivity contribution < 1.29 is 19.1 Å². The summed E-state index contributed by atoms with van der Waals surface area (Å²) in [6.45, 7) is 2.79. The summed E-state index contributed by atoms with van der Waals surface area (Å²) in [6.07, 6.45) is 2.07. The molecule has 0 radical (unpaired) electrons. The van der Waals surface area contributed by atoms with Crippen LogP contribution >= 0.6 is 23.1 Å². The number of benzene rings is 3. The van der Waals surface area contributed by atoms with Crippen LogP contribution in [-0.2, 0) is 4.79 Å². The standard InChI is InChI=1S/C27H27N3O4S2/c1-3-4-15-34-22-10-5-18(6-11-22)26(32)29-20-9-14-23-24(16-20)36-27(30-23)35-17-25(31)28-19-7-12-21(33-2)13-8-19/h5-14,16H,3-4,15,17H2,1-2H3,(H,28,31)(H,29,32). The third-order valence-electron chi connectivity index (χ3n) is 5.21. The number of rotatable bonds is 11. The first kappa shape index (κ1) is 25.5. The largest absolute Gasteiger partial charge is 0.497 e. The number of ether oxygens (including phenoxy) is 2. The minimum absolute atomic E-state index is 0.112. The van der Waals surface area contributed by atoms with E-state index in [2.05, 4.69) is 22.5 Å². The van der Waals surface area contributed by atoms with Crippen LogP contribution in [0.3, 0.4) is 0 Å². The maximum atomic E-state index is 12.7. The van der Waals surface area contributed by atoms with Crippen molar-refractivity contribution in [3.8, 4) is 11.5 Å². The molecule has 186 valence electrons. The molecule has 0 atom stereocenters. The van der Waals surface area contributed by atoms with Crippen molar-refractivity contribution in [1.82, 2.24) is 4.98 Å². The van der Waals surface area contributed by atoms with Crippen LogP contribution in [0.5, 0.6) is 11.5 Å². The van der Waals surface area contributed by atoms with E-state index in [0.717, 1.165) is 38.9 Å². The third-order valence-corrected chi connectivity index (χ3v) is 7.37. The number of thiazole rings is 1. The SMILES string of the molecule is CCCCOc1ccc(C(=O)Nc2ccc3nc(SCC(=O)Nc4ccc(OC)cc4)sc3c2)cc1. The Balaban J connectivity index is 1.32. The van der Waals surface area contributed by atoms with Gasteiger partial charge in [-0.25, -0.2) is 4.98 Å². The summed E-state index contributed by atoms with van der Waals surface area (Å²) in [5.41, 5.74) is 2.78. The highest BCUT2D eigenvalue weighted by Gasteiger charge is 2.11. The van der Waals surface area contributed by atoms with Gasteiger partial charge < -0.3 is 20.1 Å². The van der Waals surface area contributed by atoms with E-state index < -0.39 is 0 Å². The molecule has 0 unspecified atom stereocenters. The van der Waals surface area contributed by atoms with Gasteiger partial charge in [0.1, 0.15) is 11.5 Å². The molecule has 2 N–H and O–H groups in total. The smallest absolute Gasteiger partial charge is 0.255 e. The molecule has 4 aromatic rings. The van der Waals surface area contributed by atoms with Gasteiger partial charge in [0.25, 0.3) is 5.91 Å². The van der Waals surface area contributed by atoms with Gasteiger partial charge in [-0.3, -0.25) is 9.59 Å². The second-order valence-corrected chi connectivity index (χ2v) is 10.2. The number of hydrogen-bond donors (Lipinski definition) is 2. The van der Waals surface area contributed by atoms with E-state index in [0.29, 0.717) is 23.5 Å². The Morgan fingerprint density at radius 2 is 1.67 bits per heavy atom. The van der Waals surface area contributed by atoms with Gasteiger partial charge in [-0.1, -0.05) is 25.1 Å². The predicted octanol–water partition coefficient (Wildman–Crippen LogP) is 6.47. The number of anilines is 2. The number of nitrogens with zero attached hydrogens (tertiary/aromatic N) is 1. The lowest BCUT2D eigenvalue weighted by molar-refractivity contribution is -0.113. The van der Waals surface area contributed by atoms with Crippen molar-refractivity contribution in [2.75, 3.05) is 30.1 Å². The molecule has 7 nitrogen and oxygen atoms in total. The normalized spacial score (nSPS) is 10.7. The number of thioether (sulfide) groups is 1. The molecule has 0 aliphatic rings. The lowest BCUT2D eigenvalue weighted by atomic mass is 10.2. The first-order chi connectivity index (χ1) is 17.5. The van der Waals surface area contributed by atoms with E-state index in [1.54, 1.807) is 43.5 Å². The average molecular weight is 522 g/mol. The molecule has 36 heavy (non-hydrogen) atoms. The first-order valence-electron chi connectivity index (χ1n) is 11.6. The van der Waals surface area contributed by atoms with Gasteiger partial charge in [-0.2, -0.15) is 0 Å². The van der Waals surface area contributed by atoms with E-state index in [1.807, 2.05) is 30.3 Å². The number of carbonyl (C=O) groups is 2. The lowest BCUT2D eigenvalue weighted by Gasteiger charge is -2.07. The highest BCUT2D eigenvalue weighted by Crippen LogP contribution is 2.31. The highest BCUT2D eigenvalue weighted by molar-refractivity contribution is 8.01. The van der Waals surface area contributed by atoms with Gasteiger partial charge in [0.2, 0.25) is 5.91 Å². The van der Waals surface area contributed by atoms with Crippen LogP contribution in [0.1, 0.15) is 30.1 Å². The molecule has 0 saturated carbocycles. The van der Waals surface area contributed by atoms with Crippen molar-refractivity contribution in [3.63, 3.8) is 0 Å². The molecule has 0 fully saturated rings. The second kappa shape index (κ2) is 12.4. The maximum Gasteiger partial charge on any atom is 0.255 e. The highest BCUT2D eigenvalue weighted by atomic mass is 32.2. The van der Waals surface area contributed by atoms with Crippen LogP contribution in [0.4, 0.5) is 11.4 Å². The monoisotopic (exact) mass is 521 g/mol. The third kappa shape index (κ3) is 6.99. The molecule has 0 saturated heterocycles. The van der Waals surface area contributed by atoms with Crippen molar-refractivity contribution >= 4 is 56.5 Å². The molecule has 0 spiro atoms. The molecule has 1 aromatic heterocycles. The number of aromatic nitrogens is 1. The molecule has 4 rings (SSSR count). The summed E-state index contributed by atoms with van der Waals surface area (Å²) < 4.78 is 12.5. The fraction of sp³-hybridized carbons (Fsp3) is 0.222. The van der Waals surface area contributed by atoms with Gasteiger partial charge in [-0.15, -0.1) is 11.3 Å². The molecule has 0 bridgehead atoms. The quantitative estimate of drug-likeness (QED) is 0.174. The van der Waals surface area contributed by atoms with Crippen molar-refractivity contribution in [2.24, 2.45) is 0 Å². The van der Waals surface area contributed by atoms with E-state index in [-0.39, 0.29) is 17.6 Å². The Kier molecular flexibility index (Phi) is 8.80. The Labute approximate surface area is 218 Å². The summed E-state index contributed by atoms with van der Waals surface area (Å²) in [5.74, 6) is 1.43. The Morgan fingerprint density at radius 1 is 0.944 bits per heavy atom. The predicted molar refractivity (Wildman–Crippen MR) is 147 cm³/mol.